The molecular formula is C15H23NO. The van der Waals surface area contributed by atoms with Gasteiger partial charge in [-0.3, -0.25) is 0 Å². The van der Waals surface area contributed by atoms with Gasteiger partial charge in [0.05, 0.1) is 7.11 Å². The number of hydrogen-bond donors (Lipinski definition) is 1. The van der Waals surface area contributed by atoms with Gasteiger partial charge in [0.15, 0.2) is 0 Å². The molecule has 0 heterocycles. The van der Waals surface area contributed by atoms with E-state index in [1.807, 2.05) is 0 Å². The van der Waals surface area contributed by atoms with Gasteiger partial charge >= 0.3 is 0 Å². The molecule has 1 aliphatic rings. The highest BCUT2D eigenvalue weighted by Gasteiger charge is 2.20. The van der Waals surface area contributed by atoms with E-state index in [-0.39, 0.29) is 0 Å². The molecule has 2 heteroatoms. The van der Waals surface area contributed by atoms with E-state index in [4.69, 9.17) is 4.74 Å². The Balaban J connectivity index is 2.14. The third kappa shape index (κ3) is 3.01. The van der Waals surface area contributed by atoms with Gasteiger partial charge < -0.3 is 10.1 Å². The summed E-state index contributed by atoms with van der Waals surface area (Å²) in [6.07, 6.45) is 3.72. The number of nitrogens with one attached hydrogen (secondary N) is 1. The van der Waals surface area contributed by atoms with Gasteiger partial charge in [0, 0.05) is 6.04 Å². The Morgan fingerprint density at radius 1 is 1.41 bits per heavy atom. The lowest BCUT2D eigenvalue weighted by molar-refractivity contribution is 0.407. The number of benzene rings is 1. The Morgan fingerprint density at radius 2 is 2.24 bits per heavy atom. The summed E-state index contributed by atoms with van der Waals surface area (Å²) in [7, 11) is 1.74. The molecule has 0 amide bonds. The topological polar surface area (TPSA) is 21.3 Å². The fraction of sp³-hybridized carbons (Fsp3) is 0.600. The first kappa shape index (κ1) is 12.4. The first-order valence-corrected chi connectivity index (χ1v) is 6.61. The summed E-state index contributed by atoms with van der Waals surface area (Å²) in [6, 6.07) is 7.03. The van der Waals surface area contributed by atoms with Crippen LogP contribution in [-0.2, 0) is 6.42 Å². The van der Waals surface area contributed by atoms with E-state index in [2.05, 4.69) is 37.4 Å². The maximum Gasteiger partial charge on any atom is 0.119 e. The largest absolute Gasteiger partial charge is 0.497 e. The molecule has 0 saturated heterocycles. The molecule has 1 aromatic rings. The van der Waals surface area contributed by atoms with Crippen molar-refractivity contribution in [2.45, 2.75) is 39.2 Å². The van der Waals surface area contributed by atoms with Crippen LogP contribution >= 0.6 is 0 Å². The summed E-state index contributed by atoms with van der Waals surface area (Å²) in [5.41, 5.74) is 2.93. The predicted molar refractivity (Wildman–Crippen MR) is 71.5 cm³/mol. The van der Waals surface area contributed by atoms with Crippen LogP contribution in [0, 0.1) is 5.92 Å². The first-order chi connectivity index (χ1) is 8.20. The summed E-state index contributed by atoms with van der Waals surface area (Å²) in [4.78, 5) is 0. The number of fused-ring (bicyclic) bond motifs is 1. The van der Waals surface area contributed by atoms with E-state index in [1.165, 1.54) is 30.4 Å². The molecule has 0 bridgehead atoms. The average molecular weight is 233 g/mol. The molecule has 1 aromatic carbocycles. The minimum atomic E-state index is 0.534. The maximum atomic E-state index is 5.29. The van der Waals surface area contributed by atoms with Crippen LogP contribution in [0.4, 0.5) is 0 Å². The summed E-state index contributed by atoms with van der Waals surface area (Å²) >= 11 is 0. The van der Waals surface area contributed by atoms with Gasteiger partial charge in [0.2, 0.25) is 0 Å². The number of hydrogen-bond acceptors (Lipinski definition) is 2. The molecule has 94 valence electrons. The highest BCUT2D eigenvalue weighted by atomic mass is 16.5. The van der Waals surface area contributed by atoms with Gasteiger partial charge in [-0.2, -0.15) is 0 Å². The Bertz CT molecular complexity index is 373. The maximum absolute atomic E-state index is 5.29. The van der Waals surface area contributed by atoms with E-state index in [0.29, 0.717) is 12.0 Å². The second-order valence-corrected chi connectivity index (χ2v) is 5.31. The van der Waals surface area contributed by atoms with Crippen molar-refractivity contribution in [2.75, 3.05) is 13.7 Å². The van der Waals surface area contributed by atoms with Gasteiger partial charge in [0.1, 0.15) is 5.75 Å². The Kier molecular flexibility index (Phi) is 4.06. The number of ether oxygens (including phenoxy) is 1. The van der Waals surface area contributed by atoms with Crippen LogP contribution in [0.5, 0.6) is 5.75 Å². The van der Waals surface area contributed by atoms with Crippen molar-refractivity contribution < 1.29 is 4.74 Å². The number of aryl methyl sites for hydroxylation is 1. The fourth-order valence-corrected chi connectivity index (χ4v) is 2.51. The molecule has 0 radical (unpaired) electrons. The molecular weight excluding hydrogens is 210 g/mol. The summed E-state index contributed by atoms with van der Waals surface area (Å²) in [6.45, 7) is 5.60. The zero-order valence-corrected chi connectivity index (χ0v) is 11.1. The highest BCUT2D eigenvalue weighted by molar-refractivity contribution is 5.39. The summed E-state index contributed by atoms with van der Waals surface area (Å²) < 4.78 is 5.29. The third-order valence-corrected chi connectivity index (χ3v) is 3.44. The Morgan fingerprint density at radius 3 is 2.94 bits per heavy atom. The minimum Gasteiger partial charge on any atom is -0.497 e. The normalized spacial score (nSPS) is 19.2. The summed E-state index contributed by atoms with van der Waals surface area (Å²) in [5, 5.41) is 3.67. The van der Waals surface area contributed by atoms with Gasteiger partial charge in [-0.1, -0.05) is 19.9 Å². The molecule has 1 N–H and O–H groups in total. The average Bonchev–Trinajstić information content (AvgIpc) is 2.35. The lowest BCUT2D eigenvalue weighted by atomic mass is 9.87. The minimum absolute atomic E-state index is 0.534. The van der Waals surface area contributed by atoms with E-state index >= 15 is 0 Å². The van der Waals surface area contributed by atoms with E-state index < -0.39 is 0 Å². The molecule has 0 saturated carbocycles. The molecule has 0 spiro atoms. The molecule has 0 fully saturated rings. The van der Waals surface area contributed by atoms with Crippen molar-refractivity contribution in [3.63, 3.8) is 0 Å². The fourth-order valence-electron chi connectivity index (χ4n) is 2.51. The van der Waals surface area contributed by atoms with Crippen molar-refractivity contribution in [1.82, 2.24) is 5.32 Å². The standard InChI is InChI=1S/C15H23NO/c1-11(2)10-16-15-6-4-5-12-9-13(17-3)7-8-14(12)15/h7-9,11,15-16H,4-6,10H2,1-3H3. The lowest BCUT2D eigenvalue weighted by Crippen LogP contribution is -2.28. The molecule has 2 nitrogen and oxygen atoms in total. The molecule has 1 unspecified atom stereocenters. The first-order valence-electron chi connectivity index (χ1n) is 6.61. The van der Waals surface area contributed by atoms with Crippen LogP contribution < -0.4 is 10.1 Å². The molecule has 0 aromatic heterocycles. The van der Waals surface area contributed by atoms with Gasteiger partial charge in [0.25, 0.3) is 0 Å². The van der Waals surface area contributed by atoms with Crippen LogP contribution in [0.2, 0.25) is 0 Å². The number of methoxy groups -OCH3 is 1. The molecule has 2 rings (SSSR count). The van der Waals surface area contributed by atoms with Gasteiger partial charge in [-0.05, 0) is 55.0 Å². The van der Waals surface area contributed by atoms with E-state index in [9.17, 15) is 0 Å². The Labute approximate surface area is 104 Å². The van der Waals surface area contributed by atoms with Crippen molar-refractivity contribution in [1.29, 1.82) is 0 Å². The molecule has 0 aliphatic heterocycles. The molecule has 1 atom stereocenters. The quantitative estimate of drug-likeness (QED) is 0.861. The van der Waals surface area contributed by atoms with Crippen LogP contribution in [0.3, 0.4) is 0 Å². The van der Waals surface area contributed by atoms with E-state index in [1.54, 1.807) is 7.11 Å². The Hall–Kier alpha value is -1.02. The predicted octanol–water partition coefficient (Wildman–Crippen LogP) is 3.32. The molecule has 1 aliphatic carbocycles. The van der Waals surface area contributed by atoms with Crippen molar-refractivity contribution in [3.05, 3.63) is 29.3 Å². The monoisotopic (exact) mass is 233 g/mol. The van der Waals surface area contributed by atoms with Crippen molar-refractivity contribution >= 4 is 0 Å². The second-order valence-electron chi connectivity index (χ2n) is 5.31. The van der Waals surface area contributed by atoms with E-state index in [0.717, 1.165) is 12.3 Å². The van der Waals surface area contributed by atoms with Crippen LogP contribution in [0.25, 0.3) is 0 Å². The van der Waals surface area contributed by atoms with Crippen molar-refractivity contribution in [2.24, 2.45) is 5.92 Å². The lowest BCUT2D eigenvalue weighted by Gasteiger charge is -2.27. The SMILES string of the molecule is COc1ccc2c(c1)CCCC2NCC(C)C. The molecule has 17 heavy (non-hydrogen) atoms. The number of rotatable bonds is 4. The van der Waals surface area contributed by atoms with Crippen LogP contribution in [-0.4, -0.2) is 13.7 Å². The van der Waals surface area contributed by atoms with Gasteiger partial charge in [-0.25, -0.2) is 0 Å². The van der Waals surface area contributed by atoms with Crippen LogP contribution in [0.15, 0.2) is 18.2 Å². The zero-order chi connectivity index (χ0) is 12.3. The van der Waals surface area contributed by atoms with Gasteiger partial charge in [-0.15, -0.1) is 0 Å². The smallest absolute Gasteiger partial charge is 0.119 e. The summed E-state index contributed by atoms with van der Waals surface area (Å²) in [5.74, 6) is 1.69. The highest BCUT2D eigenvalue weighted by Crippen LogP contribution is 2.32. The second kappa shape index (κ2) is 5.54. The van der Waals surface area contributed by atoms with Crippen LogP contribution in [0.1, 0.15) is 43.9 Å². The van der Waals surface area contributed by atoms with Crippen molar-refractivity contribution in [3.8, 4) is 5.75 Å². The third-order valence-electron chi connectivity index (χ3n) is 3.44. The zero-order valence-electron chi connectivity index (χ0n) is 11.1.